The van der Waals surface area contributed by atoms with E-state index >= 15 is 0 Å². The molecule has 0 aliphatic carbocycles. The second-order valence-corrected chi connectivity index (χ2v) is 7.21. The first-order valence-electron chi connectivity index (χ1n) is 7.73. The maximum absolute atomic E-state index is 4.53. The number of nitrogens with zero attached hydrogens (tertiary/aromatic N) is 6. The predicted molar refractivity (Wildman–Crippen MR) is 102 cm³/mol. The van der Waals surface area contributed by atoms with Crippen LogP contribution < -0.4 is 0 Å². The van der Waals surface area contributed by atoms with Gasteiger partial charge in [0.15, 0.2) is 0 Å². The van der Waals surface area contributed by atoms with E-state index in [4.69, 9.17) is 0 Å². The van der Waals surface area contributed by atoms with Gasteiger partial charge in [-0.1, -0.05) is 60.7 Å². The highest BCUT2D eigenvalue weighted by Gasteiger charge is 2.08. The van der Waals surface area contributed by atoms with Crippen LogP contribution in [0.15, 0.2) is 83.4 Å². The Bertz CT molecular complexity index is 915. The summed E-state index contributed by atoms with van der Waals surface area (Å²) >= 11 is 0. The minimum absolute atomic E-state index is 0.546. The molecule has 0 spiro atoms. The number of rotatable bonds is 5. The summed E-state index contributed by atoms with van der Waals surface area (Å²) in [6, 6.07) is 19.7. The van der Waals surface area contributed by atoms with E-state index < -0.39 is 0 Å². The Morgan fingerprint density at radius 3 is 1.38 bits per heavy atom. The van der Waals surface area contributed by atoms with Gasteiger partial charge in [0, 0.05) is 11.1 Å². The van der Waals surface area contributed by atoms with E-state index in [0.717, 1.165) is 22.5 Å². The lowest BCUT2D eigenvalue weighted by atomic mass is 10.2. The smallest absolute Gasteiger partial charge is 0.219 e. The van der Waals surface area contributed by atoms with E-state index in [-0.39, 0.29) is 0 Å². The van der Waals surface area contributed by atoms with Gasteiger partial charge in [-0.3, -0.25) is 0 Å². The van der Waals surface area contributed by atoms with Crippen molar-refractivity contribution in [3.63, 3.8) is 0 Å². The highest BCUT2D eigenvalue weighted by molar-refractivity contribution is 8.76. The molecule has 0 fully saturated rings. The number of hydrogen-bond donors (Lipinski definition) is 0. The Labute approximate surface area is 158 Å². The second-order valence-electron chi connectivity index (χ2n) is 5.15. The molecule has 0 amide bonds. The van der Waals surface area contributed by atoms with Crippen LogP contribution in [0.4, 0.5) is 0 Å². The summed E-state index contributed by atoms with van der Waals surface area (Å²) < 4.78 is 0. The van der Waals surface area contributed by atoms with E-state index in [1.54, 1.807) is 12.4 Å². The lowest BCUT2D eigenvalue weighted by molar-refractivity contribution is 0.843. The zero-order valence-electron chi connectivity index (χ0n) is 13.4. The van der Waals surface area contributed by atoms with Crippen LogP contribution in [0.1, 0.15) is 0 Å². The van der Waals surface area contributed by atoms with Crippen LogP contribution in [0.25, 0.3) is 22.5 Å². The summed E-state index contributed by atoms with van der Waals surface area (Å²) in [7, 11) is 2.71. The van der Waals surface area contributed by atoms with Gasteiger partial charge in [0.25, 0.3) is 0 Å². The molecular formula is C18H12N6S2. The van der Waals surface area contributed by atoms with Gasteiger partial charge in [-0.05, 0) is 21.6 Å². The molecule has 0 radical (unpaired) electrons. The van der Waals surface area contributed by atoms with Crippen LogP contribution in [-0.2, 0) is 0 Å². The van der Waals surface area contributed by atoms with E-state index in [0.29, 0.717) is 10.3 Å². The van der Waals surface area contributed by atoms with Crippen LogP contribution in [0.2, 0.25) is 0 Å². The maximum Gasteiger partial charge on any atom is 0.220 e. The molecule has 0 N–H and O–H groups in total. The normalized spacial score (nSPS) is 10.6. The van der Waals surface area contributed by atoms with Gasteiger partial charge in [0.2, 0.25) is 10.3 Å². The van der Waals surface area contributed by atoms with Crippen LogP contribution in [0.5, 0.6) is 0 Å². The van der Waals surface area contributed by atoms with E-state index in [2.05, 4.69) is 30.4 Å². The van der Waals surface area contributed by atoms with E-state index in [1.165, 1.54) is 21.6 Å². The van der Waals surface area contributed by atoms with Gasteiger partial charge in [-0.2, -0.15) is 10.2 Å². The van der Waals surface area contributed by atoms with Gasteiger partial charge < -0.3 is 0 Å². The molecule has 2 heterocycles. The zero-order chi connectivity index (χ0) is 17.6. The molecule has 2 aromatic carbocycles. The molecule has 0 atom stereocenters. The molecule has 2 aromatic heterocycles. The van der Waals surface area contributed by atoms with E-state index in [9.17, 15) is 0 Å². The van der Waals surface area contributed by atoms with Gasteiger partial charge >= 0.3 is 0 Å². The van der Waals surface area contributed by atoms with Crippen molar-refractivity contribution >= 4 is 21.6 Å². The summed E-state index contributed by atoms with van der Waals surface area (Å²) in [5.74, 6) is 0. The van der Waals surface area contributed by atoms with Crippen molar-refractivity contribution in [3.8, 4) is 22.5 Å². The molecule has 0 saturated heterocycles. The first-order valence-corrected chi connectivity index (χ1v) is 9.88. The summed E-state index contributed by atoms with van der Waals surface area (Å²) in [5.41, 5.74) is 3.55. The average Bonchev–Trinajstić information content (AvgIpc) is 2.74. The molecule has 0 saturated carbocycles. The van der Waals surface area contributed by atoms with Gasteiger partial charge in [-0.15, -0.1) is 10.2 Å². The Morgan fingerprint density at radius 2 is 0.962 bits per heavy atom. The highest BCUT2D eigenvalue weighted by Crippen LogP contribution is 2.33. The first kappa shape index (κ1) is 16.6. The third kappa shape index (κ3) is 4.04. The van der Waals surface area contributed by atoms with Gasteiger partial charge in [0.1, 0.15) is 0 Å². The van der Waals surface area contributed by atoms with Gasteiger partial charge in [0.05, 0.1) is 23.8 Å². The topological polar surface area (TPSA) is 77.3 Å². The standard InChI is InChI=1S/C18H12N6S2/c1-3-7-13(8-4-1)15-11-19-23-17(21-15)25-26-18-22-16(12-20-24-18)14-9-5-2-6-10-14/h1-12H. The molecule has 8 heteroatoms. The molecule has 126 valence electrons. The minimum Gasteiger partial charge on any atom is -0.219 e. The summed E-state index contributed by atoms with van der Waals surface area (Å²) in [4.78, 5) is 9.06. The molecule has 6 nitrogen and oxygen atoms in total. The van der Waals surface area contributed by atoms with Gasteiger partial charge in [-0.25, -0.2) is 9.97 Å². The maximum atomic E-state index is 4.53. The Hall–Kier alpha value is -2.84. The van der Waals surface area contributed by atoms with Crippen molar-refractivity contribution < 1.29 is 0 Å². The lowest BCUT2D eigenvalue weighted by Crippen LogP contribution is -1.94. The molecule has 26 heavy (non-hydrogen) atoms. The number of benzene rings is 2. The molecule has 4 rings (SSSR count). The third-order valence-electron chi connectivity index (χ3n) is 3.41. The number of hydrogen-bond acceptors (Lipinski definition) is 8. The summed E-state index contributed by atoms with van der Waals surface area (Å²) in [5, 5.41) is 17.3. The van der Waals surface area contributed by atoms with Crippen molar-refractivity contribution in [3.05, 3.63) is 73.1 Å². The van der Waals surface area contributed by atoms with Crippen molar-refractivity contribution in [1.82, 2.24) is 30.4 Å². The lowest BCUT2D eigenvalue weighted by Gasteiger charge is -2.03. The van der Waals surface area contributed by atoms with Crippen LogP contribution in [0, 0.1) is 0 Å². The predicted octanol–water partition coefficient (Wildman–Crippen LogP) is 4.19. The molecule has 4 aromatic rings. The fourth-order valence-corrected chi connectivity index (χ4v) is 3.67. The quantitative estimate of drug-likeness (QED) is 0.480. The molecule has 0 aliphatic rings. The monoisotopic (exact) mass is 376 g/mol. The number of aromatic nitrogens is 6. The SMILES string of the molecule is c1ccc(-c2cnnc(SSc3nncc(-c4ccccc4)n3)n2)cc1. The van der Waals surface area contributed by atoms with Crippen molar-refractivity contribution in [1.29, 1.82) is 0 Å². The highest BCUT2D eigenvalue weighted by atomic mass is 33.1. The zero-order valence-corrected chi connectivity index (χ0v) is 15.1. The molecule has 0 unspecified atom stereocenters. The Kier molecular flexibility index (Phi) is 5.13. The van der Waals surface area contributed by atoms with Crippen molar-refractivity contribution in [2.24, 2.45) is 0 Å². The van der Waals surface area contributed by atoms with Crippen LogP contribution >= 0.6 is 21.6 Å². The second kappa shape index (κ2) is 8.03. The molecular weight excluding hydrogens is 364 g/mol. The largest absolute Gasteiger partial charge is 0.220 e. The van der Waals surface area contributed by atoms with Crippen molar-refractivity contribution in [2.75, 3.05) is 0 Å². The fourth-order valence-electron chi connectivity index (χ4n) is 2.22. The van der Waals surface area contributed by atoms with Crippen LogP contribution in [0.3, 0.4) is 0 Å². The Morgan fingerprint density at radius 1 is 0.538 bits per heavy atom. The minimum atomic E-state index is 0.546. The average molecular weight is 376 g/mol. The summed E-state index contributed by atoms with van der Waals surface area (Å²) in [6.07, 6.45) is 3.30. The molecule has 0 aliphatic heterocycles. The summed E-state index contributed by atoms with van der Waals surface area (Å²) in [6.45, 7) is 0. The first-order chi connectivity index (χ1) is 12.9. The Balaban J connectivity index is 1.50. The van der Waals surface area contributed by atoms with Crippen LogP contribution in [-0.4, -0.2) is 30.4 Å². The van der Waals surface area contributed by atoms with Crippen molar-refractivity contribution in [2.45, 2.75) is 10.3 Å². The van der Waals surface area contributed by atoms with E-state index in [1.807, 2.05) is 60.7 Å². The molecule has 0 bridgehead atoms. The fraction of sp³-hybridized carbons (Fsp3) is 0. The third-order valence-corrected chi connectivity index (χ3v) is 5.28.